The number of likely N-dealkylation sites (N-methyl/N-ethyl adjacent to an activating group) is 1. The van der Waals surface area contributed by atoms with Crippen molar-refractivity contribution in [2.75, 3.05) is 13.1 Å². The molecule has 0 radical (unpaired) electrons. The molecule has 4 heteroatoms. The lowest BCUT2D eigenvalue weighted by Gasteiger charge is -2.28. The van der Waals surface area contributed by atoms with Crippen molar-refractivity contribution in [1.82, 2.24) is 4.90 Å². The van der Waals surface area contributed by atoms with Crippen molar-refractivity contribution >= 4 is 23.1 Å². The molecule has 80 valence electrons. The van der Waals surface area contributed by atoms with Gasteiger partial charge in [-0.3, -0.25) is 4.79 Å². The lowest BCUT2D eigenvalue weighted by molar-refractivity contribution is -0.131. The maximum atomic E-state index is 11.7. The molecule has 1 amide bonds. The quantitative estimate of drug-likeness (QED) is 0.702. The fourth-order valence-corrected chi connectivity index (χ4v) is 1.79. The van der Waals surface area contributed by atoms with Crippen molar-refractivity contribution in [3.8, 4) is 0 Å². The van der Waals surface area contributed by atoms with Crippen LogP contribution in [0.5, 0.6) is 0 Å². The first-order valence-corrected chi connectivity index (χ1v) is 5.60. The van der Waals surface area contributed by atoms with E-state index in [1.165, 1.54) is 19.3 Å². The molecule has 0 aromatic rings. The molecule has 0 heterocycles. The molecule has 0 bridgehead atoms. The van der Waals surface area contributed by atoms with E-state index in [9.17, 15) is 4.79 Å². The van der Waals surface area contributed by atoms with Crippen molar-refractivity contribution in [1.29, 1.82) is 0 Å². The van der Waals surface area contributed by atoms with E-state index in [2.05, 4.69) is 0 Å². The molecule has 0 spiro atoms. The molecule has 0 atom stereocenters. The highest BCUT2D eigenvalue weighted by Crippen LogP contribution is 2.29. The van der Waals surface area contributed by atoms with Crippen molar-refractivity contribution in [3.05, 3.63) is 0 Å². The minimum atomic E-state index is 0.199. The molecule has 0 aromatic heterocycles. The summed E-state index contributed by atoms with van der Waals surface area (Å²) in [7, 11) is 0. The molecule has 14 heavy (non-hydrogen) atoms. The lowest BCUT2D eigenvalue weighted by Crippen LogP contribution is -2.38. The van der Waals surface area contributed by atoms with Crippen LogP contribution in [0.3, 0.4) is 0 Å². The van der Waals surface area contributed by atoms with E-state index in [-0.39, 0.29) is 5.91 Å². The Kier molecular flexibility index (Phi) is 4.32. The van der Waals surface area contributed by atoms with Crippen LogP contribution < -0.4 is 5.73 Å². The molecule has 0 aliphatic heterocycles. The number of hydrogen-bond acceptors (Lipinski definition) is 2. The van der Waals surface area contributed by atoms with Gasteiger partial charge >= 0.3 is 0 Å². The average Bonchev–Trinajstić information content (AvgIpc) is 2.06. The van der Waals surface area contributed by atoms with Gasteiger partial charge in [-0.25, -0.2) is 0 Å². The van der Waals surface area contributed by atoms with Gasteiger partial charge in [0.05, 0.1) is 11.5 Å². The van der Waals surface area contributed by atoms with E-state index in [0.717, 1.165) is 0 Å². The average molecular weight is 214 g/mol. The number of carbonyl (C=O) groups excluding carboxylic acids is 1. The first kappa shape index (κ1) is 11.4. The van der Waals surface area contributed by atoms with E-state index in [0.29, 0.717) is 30.4 Å². The third-order valence-electron chi connectivity index (χ3n) is 2.77. The van der Waals surface area contributed by atoms with Gasteiger partial charge < -0.3 is 10.6 Å². The van der Waals surface area contributed by atoms with Crippen LogP contribution in [0.4, 0.5) is 0 Å². The number of rotatable bonds is 5. The number of nitrogens with two attached hydrogens (primary N) is 1. The summed E-state index contributed by atoms with van der Waals surface area (Å²) in [5, 5.41) is 0. The third kappa shape index (κ3) is 3.25. The van der Waals surface area contributed by atoms with Gasteiger partial charge in [-0.2, -0.15) is 0 Å². The summed E-state index contributed by atoms with van der Waals surface area (Å²) in [5.41, 5.74) is 5.42. The summed E-state index contributed by atoms with van der Waals surface area (Å²) >= 11 is 4.80. The van der Waals surface area contributed by atoms with E-state index >= 15 is 0 Å². The van der Waals surface area contributed by atoms with Gasteiger partial charge in [-0.05, 0) is 25.7 Å². The van der Waals surface area contributed by atoms with Crippen molar-refractivity contribution in [2.45, 2.75) is 32.6 Å². The standard InChI is InChI=1S/C10H18N2OS/c1-2-12(7-9(11)14)10(13)6-8-4-3-5-8/h8H,2-7H2,1H3,(H2,11,14). The topological polar surface area (TPSA) is 46.3 Å². The largest absolute Gasteiger partial charge is 0.392 e. The number of carbonyl (C=O) groups is 1. The van der Waals surface area contributed by atoms with Crippen LogP contribution in [0.15, 0.2) is 0 Å². The van der Waals surface area contributed by atoms with Crippen LogP contribution >= 0.6 is 12.2 Å². The lowest BCUT2D eigenvalue weighted by atomic mass is 9.82. The number of amides is 1. The Labute approximate surface area is 90.6 Å². The Morgan fingerprint density at radius 2 is 2.21 bits per heavy atom. The monoisotopic (exact) mass is 214 g/mol. The molecule has 2 N–H and O–H groups in total. The normalized spacial score (nSPS) is 16.1. The smallest absolute Gasteiger partial charge is 0.223 e. The van der Waals surface area contributed by atoms with E-state index in [1.807, 2.05) is 6.92 Å². The van der Waals surface area contributed by atoms with E-state index in [4.69, 9.17) is 18.0 Å². The molecular formula is C10H18N2OS. The first-order valence-electron chi connectivity index (χ1n) is 5.19. The van der Waals surface area contributed by atoms with Crippen LogP contribution in [-0.4, -0.2) is 28.9 Å². The fourth-order valence-electron chi connectivity index (χ4n) is 1.64. The summed E-state index contributed by atoms with van der Waals surface area (Å²) in [6.07, 6.45) is 4.36. The predicted molar refractivity (Wildman–Crippen MR) is 61.0 cm³/mol. The molecule has 0 aromatic carbocycles. The van der Waals surface area contributed by atoms with Gasteiger partial charge in [0, 0.05) is 13.0 Å². The Morgan fingerprint density at radius 1 is 1.57 bits per heavy atom. The van der Waals surface area contributed by atoms with Crippen LogP contribution in [0.2, 0.25) is 0 Å². The van der Waals surface area contributed by atoms with Crippen LogP contribution in [-0.2, 0) is 4.79 Å². The SMILES string of the molecule is CCN(CC(N)=S)C(=O)CC1CCC1. The molecular weight excluding hydrogens is 196 g/mol. The molecule has 1 fully saturated rings. The summed E-state index contributed by atoms with van der Waals surface area (Å²) in [6.45, 7) is 3.08. The Balaban J connectivity index is 2.34. The highest BCUT2D eigenvalue weighted by atomic mass is 32.1. The van der Waals surface area contributed by atoms with Crippen LogP contribution in [0.25, 0.3) is 0 Å². The van der Waals surface area contributed by atoms with Crippen molar-refractivity contribution in [2.24, 2.45) is 11.7 Å². The van der Waals surface area contributed by atoms with Crippen molar-refractivity contribution in [3.63, 3.8) is 0 Å². The molecule has 0 saturated heterocycles. The number of hydrogen-bond donors (Lipinski definition) is 1. The summed E-state index contributed by atoms with van der Waals surface area (Å²) in [6, 6.07) is 0. The third-order valence-corrected chi connectivity index (χ3v) is 2.90. The van der Waals surface area contributed by atoms with Gasteiger partial charge in [0.15, 0.2) is 0 Å². The Bertz CT molecular complexity index is 226. The van der Waals surface area contributed by atoms with Crippen LogP contribution in [0.1, 0.15) is 32.6 Å². The summed E-state index contributed by atoms with van der Waals surface area (Å²) in [5.74, 6) is 0.813. The van der Waals surface area contributed by atoms with Gasteiger partial charge in [-0.1, -0.05) is 18.6 Å². The predicted octanol–water partition coefficient (Wildman–Crippen LogP) is 1.31. The minimum Gasteiger partial charge on any atom is -0.392 e. The highest BCUT2D eigenvalue weighted by molar-refractivity contribution is 7.80. The maximum absolute atomic E-state index is 11.7. The Morgan fingerprint density at radius 3 is 2.57 bits per heavy atom. The van der Waals surface area contributed by atoms with Crippen molar-refractivity contribution < 1.29 is 4.79 Å². The Hall–Kier alpha value is -0.640. The second-order valence-corrected chi connectivity index (χ2v) is 4.40. The van der Waals surface area contributed by atoms with E-state index in [1.54, 1.807) is 4.90 Å². The number of nitrogens with zero attached hydrogens (tertiary/aromatic N) is 1. The zero-order valence-electron chi connectivity index (χ0n) is 8.66. The summed E-state index contributed by atoms with van der Waals surface area (Å²) < 4.78 is 0. The van der Waals surface area contributed by atoms with Crippen LogP contribution in [0, 0.1) is 5.92 Å². The molecule has 1 saturated carbocycles. The van der Waals surface area contributed by atoms with Gasteiger partial charge in [0.1, 0.15) is 0 Å². The molecule has 1 aliphatic carbocycles. The summed E-state index contributed by atoms with van der Waals surface area (Å²) in [4.78, 5) is 13.9. The molecule has 1 rings (SSSR count). The fraction of sp³-hybridized carbons (Fsp3) is 0.800. The van der Waals surface area contributed by atoms with Gasteiger partial charge in [0.2, 0.25) is 5.91 Å². The first-order chi connectivity index (χ1) is 6.63. The van der Waals surface area contributed by atoms with E-state index < -0.39 is 0 Å². The molecule has 0 unspecified atom stereocenters. The zero-order valence-corrected chi connectivity index (χ0v) is 9.48. The molecule has 1 aliphatic rings. The second-order valence-electron chi connectivity index (χ2n) is 3.88. The molecule has 3 nitrogen and oxygen atoms in total. The highest BCUT2D eigenvalue weighted by Gasteiger charge is 2.23. The van der Waals surface area contributed by atoms with Gasteiger partial charge in [0.25, 0.3) is 0 Å². The minimum absolute atomic E-state index is 0.199. The zero-order chi connectivity index (χ0) is 10.6. The number of thiocarbonyl (C=S) groups is 1. The second kappa shape index (κ2) is 5.29. The maximum Gasteiger partial charge on any atom is 0.223 e. The van der Waals surface area contributed by atoms with Gasteiger partial charge in [-0.15, -0.1) is 0 Å².